The Morgan fingerprint density at radius 1 is 0.810 bits per heavy atom. The molecule has 1 N–H and O–H groups in total. The molecule has 0 aliphatic carbocycles. The Labute approximate surface area is 164 Å². The number of aliphatic carboxylic acids is 1. The van der Waals surface area contributed by atoms with Gasteiger partial charge in [-0.3, -0.25) is 4.79 Å². The molecule has 0 bridgehead atoms. The SMILES string of the molecule is CCCCCCCC/C=C\CCCCCCCC(=O)O.[Ca+2].[H-].[H-]. The van der Waals surface area contributed by atoms with Gasteiger partial charge in [0.25, 0.3) is 0 Å². The van der Waals surface area contributed by atoms with Crippen molar-refractivity contribution in [2.45, 2.75) is 96.8 Å². The van der Waals surface area contributed by atoms with E-state index < -0.39 is 5.97 Å². The first-order chi connectivity index (χ1) is 9.77. The molecule has 0 aromatic heterocycles. The molecule has 0 heterocycles. The Morgan fingerprint density at radius 3 is 1.71 bits per heavy atom. The van der Waals surface area contributed by atoms with Crippen LogP contribution in [0.25, 0.3) is 0 Å². The molecule has 0 aromatic carbocycles. The summed E-state index contributed by atoms with van der Waals surface area (Å²) >= 11 is 0. The van der Waals surface area contributed by atoms with Crippen LogP contribution in [0, 0.1) is 0 Å². The van der Waals surface area contributed by atoms with Crippen LogP contribution in [0.5, 0.6) is 0 Å². The summed E-state index contributed by atoms with van der Waals surface area (Å²) in [5.41, 5.74) is 0. The van der Waals surface area contributed by atoms with Gasteiger partial charge >= 0.3 is 43.7 Å². The molecule has 21 heavy (non-hydrogen) atoms. The maximum absolute atomic E-state index is 10.3. The molecule has 3 heteroatoms. The van der Waals surface area contributed by atoms with E-state index in [1.807, 2.05) is 0 Å². The Bertz CT molecular complexity index is 249. The van der Waals surface area contributed by atoms with Crippen molar-refractivity contribution in [2.24, 2.45) is 0 Å². The molecule has 2 nitrogen and oxygen atoms in total. The summed E-state index contributed by atoms with van der Waals surface area (Å²) in [4.78, 5) is 10.3. The van der Waals surface area contributed by atoms with E-state index in [0.29, 0.717) is 6.42 Å². The van der Waals surface area contributed by atoms with Crippen molar-refractivity contribution in [1.29, 1.82) is 0 Å². The average molecular weight is 325 g/mol. The summed E-state index contributed by atoms with van der Waals surface area (Å²) in [5.74, 6) is -0.664. The summed E-state index contributed by atoms with van der Waals surface area (Å²) in [6, 6.07) is 0. The topological polar surface area (TPSA) is 37.3 Å². The summed E-state index contributed by atoms with van der Waals surface area (Å²) in [7, 11) is 0. The molecule has 0 rings (SSSR count). The van der Waals surface area contributed by atoms with E-state index in [4.69, 9.17) is 5.11 Å². The first kappa shape index (κ1) is 23.7. The van der Waals surface area contributed by atoms with Crippen molar-refractivity contribution in [2.75, 3.05) is 0 Å². The molecule has 0 aromatic rings. The van der Waals surface area contributed by atoms with Crippen LogP contribution < -0.4 is 0 Å². The molecule has 0 aliphatic heterocycles. The van der Waals surface area contributed by atoms with Crippen LogP contribution in [0.4, 0.5) is 0 Å². The number of carboxylic acid groups (broad SMARTS) is 1. The molecule has 122 valence electrons. The molecule has 0 saturated carbocycles. The third-order valence-electron chi connectivity index (χ3n) is 3.65. The van der Waals surface area contributed by atoms with E-state index in [1.165, 1.54) is 70.6 Å². The smallest absolute Gasteiger partial charge is 1.00 e. The number of carbonyl (C=O) groups is 1. The predicted octanol–water partition coefficient (Wildman–Crippen LogP) is 5.95. The Kier molecular flexibility index (Phi) is 23.1. The second-order valence-corrected chi connectivity index (χ2v) is 5.73. The van der Waals surface area contributed by atoms with E-state index in [2.05, 4.69) is 19.1 Å². The molecule has 0 saturated heterocycles. The van der Waals surface area contributed by atoms with Gasteiger partial charge in [-0.2, -0.15) is 0 Å². The van der Waals surface area contributed by atoms with Gasteiger partial charge in [0, 0.05) is 6.42 Å². The number of carboxylic acids is 1. The monoisotopic (exact) mass is 324 g/mol. The third-order valence-corrected chi connectivity index (χ3v) is 3.65. The van der Waals surface area contributed by atoms with E-state index in [1.54, 1.807) is 0 Å². The summed E-state index contributed by atoms with van der Waals surface area (Å²) in [5, 5.41) is 8.51. The van der Waals surface area contributed by atoms with Crippen LogP contribution in [0.2, 0.25) is 0 Å². The van der Waals surface area contributed by atoms with Crippen LogP contribution in [0.1, 0.15) is 99.7 Å². The minimum atomic E-state index is -0.664. The molecular weight excluding hydrogens is 288 g/mol. The van der Waals surface area contributed by atoms with Gasteiger partial charge in [0.15, 0.2) is 0 Å². The van der Waals surface area contributed by atoms with Gasteiger partial charge in [0.1, 0.15) is 0 Å². The van der Waals surface area contributed by atoms with Crippen molar-refractivity contribution in [3.05, 3.63) is 12.2 Å². The molecule has 0 fully saturated rings. The van der Waals surface area contributed by atoms with E-state index >= 15 is 0 Å². The zero-order chi connectivity index (χ0) is 14.9. The molecule has 0 radical (unpaired) electrons. The van der Waals surface area contributed by atoms with E-state index in [9.17, 15) is 4.79 Å². The minimum Gasteiger partial charge on any atom is -1.00 e. The summed E-state index contributed by atoms with van der Waals surface area (Å²) in [6.07, 6.45) is 21.2. The normalized spacial score (nSPS) is 10.7. The maximum Gasteiger partial charge on any atom is 2.00 e. The maximum atomic E-state index is 10.3. The zero-order valence-corrected chi connectivity index (χ0v) is 16.3. The molecule has 0 amide bonds. The van der Waals surface area contributed by atoms with Gasteiger partial charge in [-0.25, -0.2) is 0 Å². The van der Waals surface area contributed by atoms with Gasteiger partial charge < -0.3 is 7.96 Å². The second-order valence-electron chi connectivity index (χ2n) is 5.73. The van der Waals surface area contributed by atoms with Crippen molar-refractivity contribution < 1.29 is 12.8 Å². The van der Waals surface area contributed by atoms with Gasteiger partial charge in [-0.1, -0.05) is 70.4 Å². The Hall–Kier alpha value is 0.470. The Morgan fingerprint density at radius 2 is 1.24 bits per heavy atom. The Balaban J connectivity index is -0.000000602. The molecule has 0 aliphatic rings. The zero-order valence-electron chi connectivity index (χ0n) is 16.1. The fourth-order valence-electron chi connectivity index (χ4n) is 2.35. The van der Waals surface area contributed by atoms with Gasteiger partial charge in [-0.15, -0.1) is 0 Å². The molecule has 0 unspecified atom stereocenters. The molecular formula is C18H36CaO2. The van der Waals surface area contributed by atoms with Gasteiger partial charge in [0.2, 0.25) is 0 Å². The van der Waals surface area contributed by atoms with Crippen LogP contribution in [-0.2, 0) is 4.79 Å². The van der Waals surface area contributed by atoms with Crippen molar-refractivity contribution >= 4 is 43.7 Å². The fourth-order valence-corrected chi connectivity index (χ4v) is 2.35. The average Bonchev–Trinajstić information content (AvgIpc) is 2.43. The van der Waals surface area contributed by atoms with E-state index in [0.717, 1.165) is 12.8 Å². The number of unbranched alkanes of at least 4 members (excludes halogenated alkanes) is 11. The van der Waals surface area contributed by atoms with E-state index in [-0.39, 0.29) is 40.6 Å². The van der Waals surface area contributed by atoms with Crippen LogP contribution >= 0.6 is 0 Å². The predicted molar refractivity (Wildman–Crippen MR) is 95.1 cm³/mol. The first-order valence-electron chi connectivity index (χ1n) is 8.64. The quantitative estimate of drug-likeness (QED) is 0.229. The second kappa shape index (κ2) is 20.5. The van der Waals surface area contributed by atoms with Crippen LogP contribution in [0.3, 0.4) is 0 Å². The minimum absolute atomic E-state index is 0. The standard InChI is InChI=1S/C18H34O2.Ca.2H/c1-2-3-4-5-6-7-8-9-10-11-12-13-14-15-16-17-18(19)20;;;/h9-10H,2-8,11-17H2,1H3,(H,19,20);;;/q;+2;2*-1/b10-9-;;;. The van der Waals surface area contributed by atoms with Crippen LogP contribution in [-0.4, -0.2) is 48.8 Å². The first-order valence-corrected chi connectivity index (χ1v) is 8.64. The number of rotatable bonds is 15. The fraction of sp³-hybridized carbons (Fsp3) is 0.833. The van der Waals surface area contributed by atoms with Gasteiger partial charge in [-0.05, 0) is 32.1 Å². The number of hydrogen-bond donors (Lipinski definition) is 1. The molecule has 0 spiro atoms. The largest absolute Gasteiger partial charge is 2.00 e. The van der Waals surface area contributed by atoms with Gasteiger partial charge in [0.05, 0.1) is 0 Å². The third kappa shape index (κ3) is 22.9. The van der Waals surface area contributed by atoms with Crippen molar-refractivity contribution in [1.82, 2.24) is 0 Å². The van der Waals surface area contributed by atoms with Crippen molar-refractivity contribution in [3.63, 3.8) is 0 Å². The number of allylic oxidation sites excluding steroid dienone is 2. The van der Waals surface area contributed by atoms with Crippen molar-refractivity contribution in [3.8, 4) is 0 Å². The van der Waals surface area contributed by atoms with Crippen LogP contribution in [0.15, 0.2) is 12.2 Å². The number of hydrogen-bond acceptors (Lipinski definition) is 1. The summed E-state index contributed by atoms with van der Waals surface area (Å²) in [6.45, 7) is 2.26. The summed E-state index contributed by atoms with van der Waals surface area (Å²) < 4.78 is 0. The molecule has 0 atom stereocenters.